The van der Waals surface area contributed by atoms with Crippen LogP contribution < -0.4 is 0 Å². The van der Waals surface area contributed by atoms with Crippen molar-refractivity contribution in [3.8, 4) is 0 Å². The van der Waals surface area contributed by atoms with E-state index in [1.807, 2.05) is 6.92 Å². The molecule has 0 aromatic carbocycles. The lowest BCUT2D eigenvalue weighted by Crippen LogP contribution is -2.62. The maximum Gasteiger partial charge on any atom is 0.378 e. The zero-order valence-corrected chi connectivity index (χ0v) is 13.5. The molecule has 0 heterocycles. The first-order valence-electron chi connectivity index (χ1n) is 7.99. The third kappa shape index (κ3) is 5.46. The summed E-state index contributed by atoms with van der Waals surface area (Å²) in [6.45, 7) is 0.971. The fraction of sp³-hybridized carbons (Fsp3) is 1.00. The summed E-state index contributed by atoms with van der Waals surface area (Å²) in [5, 5.41) is 8.35. The van der Waals surface area contributed by atoms with E-state index in [0.29, 0.717) is 12.8 Å². The highest BCUT2D eigenvalue weighted by Gasteiger charge is 2.79. The second kappa shape index (κ2) is 9.20. The molecule has 0 amide bonds. The highest BCUT2D eigenvalue weighted by Crippen LogP contribution is 2.55. The van der Waals surface area contributed by atoms with Crippen molar-refractivity contribution in [1.82, 2.24) is 0 Å². The van der Waals surface area contributed by atoms with Crippen molar-refractivity contribution < 1.29 is 40.2 Å². The Kier molecular flexibility index (Phi) is 8.97. The first kappa shape index (κ1) is 23.4. The molecule has 24 heavy (non-hydrogen) atoms. The van der Waals surface area contributed by atoms with Crippen LogP contribution in [0, 0.1) is 0 Å². The van der Waals surface area contributed by atoms with Crippen LogP contribution in [0.25, 0.3) is 0 Å². The molecule has 0 fully saturated rings. The molecule has 0 atom stereocenters. The van der Waals surface area contributed by atoms with Gasteiger partial charge in [-0.3, -0.25) is 0 Å². The Balaban J connectivity index is 4.90. The average Bonchev–Trinajstić information content (AvgIpc) is 2.48. The molecule has 1 N–H and O–H groups in total. The summed E-state index contributed by atoms with van der Waals surface area (Å²) in [7, 11) is 0. The van der Waals surface area contributed by atoms with E-state index < -0.39 is 56.0 Å². The lowest BCUT2D eigenvalue weighted by atomic mass is 9.92. The monoisotopic (exact) mass is 372 g/mol. The van der Waals surface area contributed by atoms with Crippen LogP contribution in [-0.4, -0.2) is 35.4 Å². The molecule has 0 saturated heterocycles. The lowest BCUT2D eigenvalue weighted by Gasteiger charge is -2.37. The van der Waals surface area contributed by atoms with Crippen LogP contribution in [0.15, 0.2) is 0 Å². The first-order chi connectivity index (χ1) is 10.9. The predicted octanol–water partition coefficient (Wildman–Crippen LogP) is 6.05. The van der Waals surface area contributed by atoms with Gasteiger partial charge in [0.15, 0.2) is 0 Å². The maximum absolute atomic E-state index is 13.5. The van der Waals surface area contributed by atoms with Crippen molar-refractivity contribution >= 4 is 0 Å². The molecule has 0 unspecified atom stereocenters. The Hall–Kier alpha value is -0.600. The van der Waals surface area contributed by atoms with E-state index in [9.17, 15) is 35.1 Å². The van der Waals surface area contributed by atoms with Gasteiger partial charge in [0.25, 0.3) is 0 Å². The molecular weight excluding hydrogens is 348 g/mol. The summed E-state index contributed by atoms with van der Waals surface area (Å²) in [6, 6.07) is 0. The van der Waals surface area contributed by atoms with Gasteiger partial charge < -0.3 is 5.11 Å². The Bertz CT molecular complexity index is 357. The molecule has 0 bridgehead atoms. The summed E-state index contributed by atoms with van der Waals surface area (Å²) < 4.78 is 107. The highest BCUT2D eigenvalue weighted by molar-refractivity contribution is 5.03. The Morgan fingerprint density at radius 3 is 1.38 bits per heavy atom. The molecule has 1 nitrogen and oxygen atoms in total. The van der Waals surface area contributed by atoms with Crippen molar-refractivity contribution in [1.29, 1.82) is 0 Å². The quantitative estimate of drug-likeness (QED) is 0.308. The zero-order chi connectivity index (χ0) is 19.1. The van der Waals surface area contributed by atoms with Crippen LogP contribution in [-0.2, 0) is 0 Å². The maximum atomic E-state index is 13.5. The number of hydrogen-bond acceptors (Lipinski definition) is 1. The van der Waals surface area contributed by atoms with Gasteiger partial charge in [0, 0.05) is 19.4 Å². The number of aliphatic hydroxyl groups excluding tert-OH is 1. The van der Waals surface area contributed by atoms with Gasteiger partial charge in [-0.05, 0) is 12.8 Å². The van der Waals surface area contributed by atoms with E-state index in [4.69, 9.17) is 5.11 Å². The Morgan fingerprint density at radius 2 is 0.958 bits per heavy atom. The van der Waals surface area contributed by atoms with Crippen LogP contribution in [0.2, 0.25) is 0 Å². The largest absolute Gasteiger partial charge is 0.396 e. The lowest BCUT2D eigenvalue weighted by molar-refractivity contribution is -0.368. The Labute approximate surface area is 136 Å². The van der Waals surface area contributed by atoms with E-state index in [2.05, 4.69) is 0 Å². The third-order valence-corrected chi connectivity index (χ3v) is 3.81. The van der Waals surface area contributed by atoms with E-state index in [1.54, 1.807) is 0 Å². The van der Waals surface area contributed by atoms with Gasteiger partial charge in [-0.1, -0.05) is 39.0 Å². The van der Waals surface area contributed by atoms with E-state index >= 15 is 0 Å². The van der Waals surface area contributed by atoms with Gasteiger partial charge in [0.2, 0.25) is 0 Å². The summed E-state index contributed by atoms with van der Waals surface area (Å²) in [5.74, 6) is -23.0. The first-order valence-corrected chi connectivity index (χ1v) is 7.99. The van der Waals surface area contributed by atoms with Crippen LogP contribution in [0.5, 0.6) is 0 Å². The normalized spacial score (nSPS) is 14.2. The van der Waals surface area contributed by atoms with Gasteiger partial charge in [0.05, 0.1) is 0 Å². The summed E-state index contributed by atoms with van der Waals surface area (Å²) in [4.78, 5) is 0. The topological polar surface area (TPSA) is 20.2 Å². The Morgan fingerprint density at radius 1 is 0.583 bits per heavy atom. The highest BCUT2D eigenvalue weighted by atomic mass is 19.4. The van der Waals surface area contributed by atoms with Crippen LogP contribution in [0.3, 0.4) is 0 Å². The van der Waals surface area contributed by atoms with Crippen LogP contribution in [0.1, 0.15) is 64.7 Å². The molecule has 0 aliphatic rings. The molecule has 9 heteroatoms. The standard InChI is InChI=1S/C15H24F8O/c1-2-3-4-5-6-7-9-12(16,17)14(20,21)15(22,23)13(18,19)10-8-11-24/h24H,2-11H2,1H3. The molecule has 0 aliphatic heterocycles. The van der Waals surface area contributed by atoms with Crippen LogP contribution >= 0.6 is 0 Å². The molecule has 0 rings (SSSR count). The molecular formula is C15H24F8O. The van der Waals surface area contributed by atoms with E-state index in [1.165, 1.54) is 0 Å². The fourth-order valence-electron chi connectivity index (χ4n) is 2.20. The number of rotatable bonds is 13. The number of unbranched alkanes of at least 4 members (excludes halogenated alkanes) is 5. The van der Waals surface area contributed by atoms with Crippen molar-refractivity contribution in [3.63, 3.8) is 0 Å². The number of halogens is 8. The summed E-state index contributed by atoms with van der Waals surface area (Å²) >= 11 is 0. The minimum Gasteiger partial charge on any atom is -0.396 e. The molecule has 0 saturated carbocycles. The van der Waals surface area contributed by atoms with E-state index in [0.717, 1.165) is 12.8 Å². The van der Waals surface area contributed by atoms with Crippen molar-refractivity contribution in [2.45, 2.75) is 88.4 Å². The fourth-order valence-corrected chi connectivity index (χ4v) is 2.20. The molecule has 0 spiro atoms. The second-order valence-corrected chi connectivity index (χ2v) is 5.90. The van der Waals surface area contributed by atoms with Crippen molar-refractivity contribution in [3.05, 3.63) is 0 Å². The predicted molar refractivity (Wildman–Crippen MR) is 74.1 cm³/mol. The van der Waals surface area contributed by atoms with Gasteiger partial charge >= 0.3 is 23.7 Å². The van der Waals surface area contributed by atoms with Gasteiger partial charge in [-0.15, -0.1) is 0 Å². The average molecular weight is 372 g/mol. The smallest absolute Gasteiger partial charge is 0.378 e. The molecule has 0 aromatic rings. The third-order valence-electron chi connectivity index (χ3n) is 3.81. The molecule has 0 radical (unpaired) electrons. The van der Waals surface area contributed by atoms with Gasteiger partial charge in [-0.25, -0.2) is 0 Å². The zero-order valence-electron chi connectivity index (χ0n) is 13.5. The van der Waals surface area contributed by atoms with Crippen molar-refractivity contribution in [2.24, 2.45) is 0 Å². The molecule has 146 valence electrons. The number of aliphatic hydroxyl groups is 1. The minimum absolute atomic E-state index is 0.137. The number of alkyl halides is 8. The van der Waals surface area contributed by atoms with Crippen molar-refractivity contribution in [2.75, 3.05) is 6.61 Å². The van der Waals surface area contributed by atoms with E-state index in [-0.39, 0.29) is 6.42 Å². The molecule has 0 aliphatic carbocycles. The second-order valence-electron chi connectivity index (χ2n) is 5.90. The minimum atomic E-state index is -6.21. The van der Waals surface area contributed by atoms with Crippen LogP contribution in [0.4, 0.5) is 35.1 Å². The number of hydrogen-bond donors (Lipinski definition) is 1. The van der Waals surface area contributed by atoms with Gasteiger partial charge in [0.1, 0.15) is 0 Å². The SMILES string of the molecule is CCCCCCCCC(F)(F)C(F)(F)C(F)(F)C(F)(F)CCCO. The summed E-state index contributed by atoms with van der Waals surface area (Å²) in [5.41, 5.74) is 0. The summed E-state index contributed by atoms with van der Waals surface area (Å²) in [6.07, 6.45) is -1.71. The molecule has 0 aromatic heterocycles. The van der Waals surface area contributed by atoms with Gasteiger partial charge in [-0.2, -0.15) is 35.1 Å².